The summed E-state index contributed by atoms with van der Waals surface area (Å²) in [6.07, 6.45) is 0. The van der Waals surface area contributed by atoms with Crippen LogP contribution in [0.2, 0.25) is 0 Å². The van der Waals surface area contributed by atoms with E-state index in [2.05, 4.69) is 5.32 Å². The Bertz CT molecular complexity index is 189. The van der Waals surface area contributed by atoms with Gasteiger partial charge >= 0.3 is 0 Å². The normalized spacial score (nSPS) is 18.4. The van der Waals surface area contributed by atoms with E-state index in [4.69, 9.17) is 22.3 Å². The molecule has 0 aliphatic carbocycles. The van der Waals surface area contributed by atoms with E-state index in [1.54, 1.807) is 6.92 Å². The van der Waals surface area contributed by atoms with Gasteiger partial charge in [-0.25, -0.2) is 8.42 Å². The van der Waals surface area contributed by atoms with Crippen molar-refractivity contribution < 1.29 is 8.42 Å². The molecule has 0 radical (unpaired) electrons. The van der Waals surface area contributed by atoms with Crippen LogP contribution in [-0.4, -0.2) is 26.2 Å². The molecule has 0 spiro atoms. The second-order valence-corrected chi connectivity index (χ2v) is 5.30. The molecule has 0 bridgehead atoms. The summed E-state index contributed by atoms with van der Waals surface area (Å²) >= 11 is 5.50. The Morgan fingerprint density at radius 3 is 1.90 bits per heavy atom. The highest BCUT2D eigenvalue weighted by atomic mass is 35.7. The molecule has 0 aliphatic rings. The van der Waals surface area contributed by atoms with Crippen molar-refractivity contribution in [2.75, 3.05) is 7.05 Å². The summed E-state index contributed by atoms with van der Waals surface area (Å²) in [4.78, 5) is 0. The minimum absolute atomic E-state index is 0.535. The highest BCUT2D eigenvalue weighted by Gasteiger charge is 2.25. The van der Waals surface area contributed by atoms with E-state index in [-0.39, 0.29) is 0 Å². The fraction of sp³-hybridized carbons (Fsp3) is 1.00. The van der Waals surface area contributed by atoms with Gasteiger partial charge in [-0.15, -0.1) is 11.6 Å². The van der Waals surface area contributed by atoms with Gasteiger partial charge in [0, 0.05) is 10.7 Å². The smallest absolute Gasteiger partial charge is 0.249 e. The largest absolute Gasteiger partial charge is 0.302 e. The third-order valence-corrected chi connectivity index (χ3v) is 3.23. The average molecular weight is 206 g/mol. The minimum atomic E-state index is -3.59. The lowest BCUT2D eigenvalue weighted by Crippen LogP contribution is -2.37. The molecule has 0 amide bonds. The first-order valence-corrected chi connectivity index (χ1v) is 5.45. The van der Waals surface area contributed by atoms with Gasteiger partial charge in [0.2, 0.25) is 9.05 Å². The quantitative estimate of drug-likeness (QED) is 0.546. The molecule has 6 heteroatoms. The van der Waals surface area contributed by atoms with Crippen LogP contribution in [0.25, 0.3) is 0 Å². The van der Waals surface area contributed by atoms with Crippen molar-refractivity contribution in [1.82, 2.24) is 5.32 Å². The molecule has 1 unspecified atom stereocenters. The SMILES string of the molecule is CN[C@H](C(C)Cl)S(=O)(=O)Cl. The molecule has 0 heterocycles. The Morgan fingerprint density at radius 2 is 1.90 bits per heavy atom. The zero-order chi connectivity index (χ0) is 8.36. The molecule has 0 fully saturated rings. The van der Waals surface area contributed by atoms with Crippen molar-refractivity contribution in [3.05, 3.63) is 0 Å². The topological polar surface area (TPSA) is 46.2 Å². The van der Waals surface area contributed by atoms with Crippen molar-refractivity contribution in [1.29, 1.82) is 0 Å². The van der Waals surface area contributed by atoms with E-state index >= 15 is 0 Å². The molecule has 2 atom stereocenters. The Labute approximate surface area is 70.1 Å². The lowest BCUT2D eigenvalue weighted by molar-refractivity contribution is 0.575. The van der Waals surface area contributed by atoms with Gasteiger partial charge in [-0.3, -0.25) is 0 Å². The van der Waals surface area contributed by atoms with Crippen LogP contribution in [-0.2, 0) is 9.05 Å². The van der Waals surface area contributed by atoms with Crippen LogP contribution in [0.1, 0.15) is 6.92 Å². The standard InChI is InChI=1S/C4H9Cl2NO2S/c1-3(5)4(7-2)10(6,8)9/h3-4,7H,1-2H3/t3?,4-/m0/s1. The molecule has 62 valence electrons. The molecule has 0 aromatic carbocycles. The minimum Gasteiger partial charge on any atom is -0.302 e. The molecular formula is C4H9Cl2NO2S. The highest BCUT2D eigenvalue weighted by molar-refractivity contribution is 8.14. The third kappa shape index (κ3) is 3.05. The van der Waals surface area contributed by atoms with Gasteiger partial charge < -0.3 is 5.32 Å². The van der Waals surface area contributed by atoms with Crippen molar-refractivity contribution in [2.24, 2.45) is 0 Å². The van der Waals surface area contributed by atoms with Gasteiger partial charge in [0.15, 0.2) is 0 Å². The second kappa shape index (κ2) is 3.76. The van der Waals surface area contributed by atoms with Crippen molar-refractivity contribution >= 4 is 31.3 Å². The summed E-state index contributed by atoms with van der Waals surface area (Å²) in [5.41, 5.74) is 0. The van der Waals surface area contributed by atoms with Gasteiger partial charge in [-0.2, -0.15) is 0 Å². The van der Waals surface area contributed by atoms with Crippen LogP contribution < -0.4 is 5.32 Å². The predicted octanol–water partition coefficient (Wildman–Crippen LogP) is 0.728. The first-order chi connectivity index (χ1) is 4.39. The van der Waals surface area contributed by atoms with E-state index in [1.807, 2.05) is 0 Å². The van der Waals surface area contributed by atoms with Crippen LogP contribution in [0.15, 0.2) is 0 Å². The van der Waals surface area contributed by atoms with Gasteiger partial charge in [-0.1, -0.05) is 0 Å². The maximum absolute atomic E-state index is 10.6. The summed E-state index contributed by atoms with van der Waals surface area (Å²) < 4.78 is 21.2. The average Bonchev–Trinajstić information content (AvgIpc) is 1.60. The lowest BCUT2D eigenvalue weighted by Gasteiger charge is -2.13. The summed E-state index contributed by atoms with van der Waals surface area (Å²) in [7, 11) is 2.92. The molecular weight excluding hydrogens is 197 g/mol. The number of nitrogens with one attached hydrogen (secondary N) is 1. The second-order valence-electron chi connectivity index (χ2n) is 1.86. The molecule has 0 rings (SSSR count). The monoisotopic (exact) mass is 205 g/mol. The maximum Gasteiger partial charge on any atom is 0.249 e. The van der Waals surface area contributed by atoms with Crippen molar-refractivity contribution in [3.8, 4) is 0 Å². The van der Waals surface area contributed by atoms with E-state index in [9.17, 15) is 8.42 Å². The van der Waals surface area contributed by atoms with E-state index in [1.165, 1.54) is 7.05 Å². The summed E-state index contributed by atoms with van der Waals surface area (Å²) in [6, 6.07) is 0. The van der Waals surface area contributed by atoms with Crippen LogP contribution in [0.4, 0.5) is 0 Å². The van der Waals surface area contributed by atoms with Gasteiger partial charge in [0.05, 0.1) is 5.38 Å². The van der Waals surface area contributed by atoms with Gasteiger partial charge in [0.1, 0.15) is 5.37 Å². The van der Waals surface area contributed by atoms with Crippen LogP contribution in [0, 0.1) is 0 Å². The van der Waals surface area contributed by atoms with Crippen LogP contribution in [0.5, 0.6) is 0 Å². The van der Waals surface area contributed by atoms with E-state index in [0.29, 0.717) is 0 Å². The number of halogens is 2. The lowest BCUT2D eigenvalue weighted by atomic mass is 10.5. The first-order valence-electron chi connectivity index (χ1n) is 2.64. The zero-order valence-electron chi connectivity index (χ0n) is 5.64. The van der Waals surface area contributed by atoms with Crippen molar-refractivity contribution in [2.45, 2.75) is 17.7 Å². The van der Waals surface area contributed by atoms with Crippen LogP contribution in [0.3, 0.4) is 0 Å². The van der Waals surface area contributed by atoms with Crippen LogP contribution >= 0.6 is 22.3 Å². The molecule has 0 aromatic rings. The molecule has 0 saturated heterocycles. The molecule has 0 aliphatic heterocycles. The highest BCUT2D eigenvalue weighted by Crippen LogP contribution is 2.12. The molecule has 1 N–H and O–H groups in total. The summed E-state index contributed by atoms with van der Waals surface area (Å²) in [5, 5.41) is 1.08. The summed E-state index contributed by atoms with van der Waals surface area (Å²) in [5.74, 6) is 0. The molecule has 0 saturated carbocycles. The zero-order valence-corrected chi connectivity index (χ0v) is 7.96. The molecule has 0 aromatic heterocycles. The Kier molecular flexibility index (Phi) is 3.94. The third-order valence-electron chi connectivity index (χ3n) is 1.01. The predicted molar refractivity (Wildman–Crippen MR) is 42.9 cm³/mol. The number of rotatable bonds is 3. The first kappa shape index (κ1) is 10.5. The molecule has 10 heavy (non-hydrogen) atoms. The summed E-state index contributed by atoms with van der Waals surface area (Å²) in [6.45, 7) is 1.56. The Hall–Kier alpha value is 0.490. The fourth-order valence-electron chi connectivity index (χ4n) is 0.594. The van der Waals surface area contributed by atoms with E-state index in [0.717, 1.165) is 0 Å². The number of alkyl halides is 1. The Morgan fingerprint density at radius 1 is 1.50 bits per heavy atom. The maximum atomic E-state index is 10.6. The molecule has 3 nitrogen and oxygen atoms in total. The van der Waals surface area contributed by atoms with Gasteiger partial charge in [-0.05, 0) is 14.0 Å². The van der Waals surface area contributed by atoms with Gasteiger partial charge in [0.25, 0.3) is 0 Å². The fourth-order valence-corrected chi connectivity index (χ4v) is 2.74. The number of hydrogen-bond acceptors (Lipinski definition) is 3. The number of hydrogen-bond donors (Lipinski definition) is 1. The Balaban J connectivity index is 4.38. The van der Waals surface area contributed by atoms with Crippen molar-refractivity contribution in [3.63, 3.8) is 0 Å². The van der Waals surface area contributed by atoms with E-state index < -0.39 is 19.8 Å².